The topological polar surface area (TPSA) is 32.3 Å². The van der Waals surface area contributed by atoms with Crippen LogP contribution in [0, 0.1) is 6.92 Å². The predicted octanol–water partition coefficient (Wildman–Crippen LogP) is 4.04. The number of carbonyl (C=O) groups is 1. The van der Waals surface area contributed by atoms with Crippen molar-refractivity contribution >= 4 is 6.03 Å². The van der Waals surface area contributed by atoms with Crippen molar-refractivity contribution in [3.8, 4) is 0 Å². The third-order valence-corrected chi connectivity index (χ3v) is 4.23. The number of aryl methyl sites for hydroxylation is 1. The first-order valence-electron chi connectivity index (χ1n) is 7.89. The first-order valence-corrected chi connectivity index (χ1v) is 7.89. The quantitative estimate of drug-likeness (QED) is 0.910. The van der Waals surface area contributed by atoms with E-state index in [1.54, 1.807) is 0 Å². The second-order valence-electron chi connectivity index (χ2n) is 5.91. The molecule has 1 aliphatic rings. The van der Waals surface area contributed by atoms with E-state index in [1.807, 2.05) is 35.2 Å². The fraction of sp³-hybridized carbons (Fsp3) is 0.316. The number of benzene rings is 2. The van der Waals surface area contributed by atoms with Crippen LogP contribution in [0.5, 0.6) is 0 Å². The van der Waals surface area contributed by atoms with Crippen molar-refractivity contribution in [1.29, 1.82) is 0 Å². The molecule has 0 radical (unpaired) electrons. The van der Waals surface area contributed by atoms with E-state index in [0.29, 0.717) is 6.54 Å². The van der Waals surface area contributed by atoms with Gasteiger partial charge in [-0.25, -0.2) is 4.79 Å². The highest BCUT2D eigenvalue weighted by Gasteiger charge is 2.29. The van der Waals surface area contributed by atoms with Gasteiger partial charge in [0.2, 0.25) is 0 Å². The third kappa shape index (κ3) is 3.30. The molecule has 3 rings (SSSR count). The van der Waals surface area contributed by atoms with Crippen LogP contribution in [0.3, 0.4) is 0 Å². The van der Waals surface area contributed by atoms with Gasteiger partial charge in [-0.15, -0.1) is 0 Å². The number of nitrogens with one attached hydrogen (secondary N) is 1. The van der Waals surface area contributed by atoms with Gasteiger partial charge in [0, 0.05) is 13.1 Å². The third-order valence-electron chi connectivity index (χ3n) is 4.23. The van der Waals surface area contributed by atoms with Crippen molar-refractivity contribution in [3.63, 3.8) is 0 Å². The number of urea groups is 1. The van der Waals surface area contributed by atoms with Crippen molar-refractivity contribution in [2.45, 2.75) is 32.4 Å². The monoisotopic (exact) mass is 294 g/mol. The first-order chi connectivity index (χ1) is 10.7. The summed E-state index contributed by atoms with van der Waals surface area (Å²) in [6, 6.07) is 18.8. The Balaban J connectivity index is 1.66. The molecule has 114 valence electrons. The summed E-state index contributed by atoms with van der Waals surface area (Å²) in [6.45, 7) is 3.51. The molecule has 0 spiro atoms. The molecule has 3 nitrogen and oxygen atoms in total. The minimum atomic E-state index is 0.0351. The number of likely N-dealkylation sites (tertiary alicyclic amines) is 1. The van der Waals surface area contributed by atoms with E-state index in [4.69, 9.17) is 0 Å². The highest BCUT2D eigenvalue weighted by molar-refractivity contribution is 5.75. The Kier molecular flexibility index (Phi) is 4.42. The molecule has 2 aromatic rings. The maximum Gasteiger partial charge on any atom is 0.318 e. The van der Waals surface area contributed by atoms with Crippen molar-refractivity contribution < 1.29 is 4.79 Å². The molecule has 3 heteroatoms. The molecule has 1 atom stereocenters. The molecule has 0 aromatic heterocycles. The molecule has 1 saturated heterocycles. The van der Waals surface area contributed by atoms with Crippen LogP contribution in [0.2, 0.25) is 0 Å². The Morgan fingerprint density at radius 3 is 2.77 bits per heavy atom. The van der Waals surface area contributed by atoms with Crippen LogP contribution < -0.4 is 5.32 Å². The largest absolute Gasteiger partial charge is 0.334 e. The van der Waals surface area contributed by atoms with Crippen LogP contribution in [0.1, 0.15) is 35.6 Å². The molecule has 1 aliphatic heterocycles. The molecular weight excluding hydrogens is 272 g/mol. The summed E-state index contributed by atoms with van der Waals surface area (Å²) in [5.41, 5.74) is 3.61. The van der Waals surface area contributed by atoms with Crippen LogP contribution >= 0.6 is 0 Å². The Hall–Kier alpha value is -2.29. The Labute approximate surface area is 132 Å². The van der Waals surface area contributed by atoms with Gasteiger partial charge in [-0.3, -0.25) is 0 Å². The van der Waals surface area contributed by atoms with E-state index >= 15 is 0 Å². The molecule has 0 saturated carbocycles. The highest BCUT2D eigenvalue weighted by atomic mass is 16.2. The van der Waals surface area contributed by atoms with Gasteiger partial charge in [0.25, 0.3) is 0 Å². The maximum absolute atomic E-state index is 12.5. The zero-order valence-corrected chi connectivity index (χ0v) is 13.0. The Morgan fingerprint density at radius 2 is 2.00 bits per heavy atom. The first kappa shape index (κ1) is 14.6. The van der Waals surface area contributed by atoms with E-state index in [-0.39, 0.29) is 12.1 Å². The molecule has 22 heavy (non-hydrogen) atoms. The van der Waals surface area contributed by atoms with Gasteiger partial charge in [0.15, 0.2) is 0 Å². The van der Waals surface area contributed by atoms with Crippen molar-refractivity contribution in [2.75, 3.05) is 6.54 Å². The highest BCUT2D eigenvalue weighted by Crippen LogP contribution is 2.32. The lowest BCUT2D eigenvalue weighted by Crippen LogP contribution is -2.39. The van der Waals surface area contributed by atoms with Crippen LogP contribution in [-0.4, -0.2) is 17.5 Å². The Morgan fingerprint density at radius 1 is 1.18 bits per heavy atom. The summed E-state index contributed by atoms with van der Waals surface area (Å²) in [6.07, 6.45) is 2.11. The van der Waals surface area contributed by atoms with Gasteiger partial charge in [0.05, 0.1) is 6.04 Å². The van der Waals surface area contributed by atoms with E-state index < -0.39 is 0 Å². The fourth-order valence-electron chi connectivity index (χ4n) is 3.11. The van der Waals surface area contributed by atoms with Crippen molar-refractivity contribution in [2.24, 2.45) is 0 Å². The lowest BCUT2D eigenvalue weighted by Gasteiger charge is -2.25. The smallest absolute Gasteiger partial charge is 0.318 e. The number of carbonyl (C=O) groups excluding carboxylic acids is 1. The van der Waals surface area contributed by atoms with Crippen molar-refractivity contribution in [1.82, 2.24) is 10.2 Å². The zero-order valence-electron chi connectivity index (χ0n) is 13.0. The number of hydrogen-bond acceptors (Lipinski definition) is 1. The number of nitrogens with zero attached hydrogens (tertiary/aromatic N) is 1. The zero-order chi connectivity index (χ0) is 15.4. The summed E-state index contributed by atoms with van der Waals surface area (Å²) in [7, 11) is 0. The van der Waals surface area contributed by atoms with Gasteiger partial charge in [-0.2, -0.15) is 0 Å². The molecule has 1 N–H and O–H groups in total. The van der Waals surface area contributed by atoms with Gasteiger partial charge in [0.1, 0.15) is 0 Å². The molecular formula is C19H22N2O. The molecule has 0 bridgehead atoms. The van der Waals surface area contributed by atoms with Gasteiger partial charge in [-0.1, -0.05) is 60.2 Å². The lowest BCUT2D eigenvalue weighted by atomic mass is 10.0. The van der Waals surface area contributed by atoms with Crippen LogP contribution in [0.25, 0.3) is 0 Å². The van der Waals surface area contributed by atoms with Gasteiger partial charge >= 0.3 is 6.03 Å². The second kappa shape index (κ2) is 6.65. The fourth-order valence-corrected chi connectivity index (χ4v) is 3.11. The van der Waals surface area contributed by atoms with E-state index in [2.05, 4.69) is 36.5 Å². The van der Waals surface area contributed by atoms with E-state index in [1.165, 1.54) is 11.1 Å². The minimum absolute atomic E-state index is 0.0351. The van der Waals surface area contributed by atoms with Gasteiger partial charge < -0.3 is 10.2 Å². The average molecular weight is 294 g/mol. The minimum Gasteiger partial charge on any atom is -0.334 e. The molecule has 0 unspecified atom stereocenters. The number of amides is 2. The van der Waals surface area contributed by atoms with Crippen LogP contribution in [0.15, 0.2) is 54.6 Å². The summed E-state index contributed by atoms with van der Waals surface area (Å²) in [5, 5.41) is 3.04. The van der Waals surface area contributed by atoms with E-state index in [0.717, 1.165) is 24.9 Å². The second-order valence-corrected chi connectivity index (χ2v) is 5.91. The standard InChI is InChI=1S/C19H22N2O/c1-15-7-5-10-17(13-15)18-11-6-12-21(18)19(22)20-14-16-8-3-2-4-9-16/h2-5,7-10,13,18H,6,11-12,14H2,1H3,(H,20,22)/t18-/m0/s1. The summed E-state index contributed by atoms with van der Waals surface area (Å²) in [4.78, 5) is 14.5. The molecule has 1 fully saturated rings. The normalized spacial score (nSPS) is 17.5. The SMILES string of the molecule is Cc1cccc([C@@H]2CCCN2C(=O)NCc2ccccc2)c1. The van der Waals surface area contributed by atoms with Gasteiger partial charge in [-0.05, 0) is 30.9 Å². The maximum atomic E-state index is 12.5. The molecule has 2 amide bonds. The Bertz CT molecular complexity index is 639. The lowest BCUT2D eigenvalue weighted by molar-refractivity contribution is 0.192. The van der Waals surface area contributed by atoms with Crippen LogP contribution in [0.4, 0.5) is 4.79 Å². The average Bonchev–Trinajstić information content (AvgIpc) is 3.03. The molecule has 1 heterocycles. The summed E-state index contributed by atoms with van der Waals surface area (Å²) < 4.78 is 0. The summed E-state index contributed by atoms with van der Waals surface area (Å²) in [5.74, 6) is 0. The summed E-state index contributed by atoms with van der Waals surface area (Å²) >= 11 is 0. The van der Waals surface area contributed by atoms with E-state index in [9.17, 15) is 4.79 Å². The number of hydrogen-bond donors (Lipinski definition) is 1. The molecule has 0 aliphatic carbocycles. The van der Waals surface area contributed by atoms with Crippen molar-refractivity contribution in [3.05, 3.63) is 71.3 Å². The predicted molar refractivity (Wildman–Crippen MR) is 88.5 cm³/mol. The molecule has 2 aromatic carbocycles. The van der Waals surface area contributed by atoms with Crippen LogP contribution in [-0.2, 0) is 6.54 Å². The number of rotatable bonds is 3.